The molecule has 2 fully saturated rings. The first-order valence-corrected chi connectivity index (χ1v) is 24.0. The predicted octanol–water partition coefficient (Wildman–Crippen LogP) is 9.41. The Labute approximate surface area is 385 Å². The van der Waals surface area contributed by atoms with Gasteiger partial charge < -0.3 is 35.3 Å². The van der Waals surface area contributed by atoms with E-state index in [-0.39, 0.29) is 37.7 Å². The van der Waals surface area contributed by atoms with E-state index in [2.05, 4.69) is 34.4 Å². The van der Waals surface area contributed by atoms with Crippen LogP contribution < -0.4 is 40.0 Å². The zero-order chi connectivity index (χ0) is 46.1. The molecule has 0 saturated heterocycles. The Morgan fingerprint density at radius 2 is 1.02 bits per heavy atom. The fourth-order valence-electron chi connectivity index (χ4n) is 8.61. The van der Waals surface area contributed by atoms with Gasteiger partial charge in [0.05, 0.1) is 16.6 Å². The molecule has 0 radical (unpaired) electrons. The summed E-state index contributed by atoms with van der Waals surface area (Å²) in [5.74, 6) is 2.97. The van der Waals surface area contributed by atoms with E-state index in [9.17, 15) is 18.0 Å². The van der Waals surface area contributed by atoms with E-state index < -0.39 is 20.9 Å². The van der Waals surface area contributed by atoms with Gasteiger partial charge in [0.15, 0.2) is 23.0 Å². The predicted molar refractivity (Wildman–Crippen MR) is 256 cm³/mol. The Balaban J connectivity index is 0.000000169. The molecule has 340 valence electrons. The van der Waals surface area contributed by atoms with Gasteiger partial charge in [0.25, 0.3) is 0 Å². The SMILES string of the molecule is CCCS(=O)(=O)NCc1ccc(-c2cc(NC(=O)C3(c4ccc5c(c4)OCO5)CC3)ccc2C)cc1.Cc1ccc(NC(=O)C2(c3ccc4c(c3)OCO4)CC2)cc1-c1ccc(CN)cc1. The summed E-state index contributed by atoms with van der Waals surface area (Å²) >= 11 is 0. The van der Waals surface area contributed by atoms with Gasteiger partial charge in [0, 0.05) is 24.5 Å². The second kappa shape index (κ2) is 18.3. The highest BCUT2D eigenvalue weighted by Crippen LogP contribution is 2.52. The van der Waals surface area contributed by atoms with Gasteiger partial charge in [-0.2, -0.15) is 0 Å². The third-order valence-electron chi connectivity index (χ3n) is 12.9. The number of nitrogens with two attached hydrogens (primary N) is 1. The van der Waals surface area contributed by atoms with E-state index in [1.54, 1.807) is 0 Å². The Morgan fingerprint density at radius 1 is 0.576 bits per heavy atom. The summed E-state index contributed by atoms with van der Waals surface area (Å²) in [6.45, 7) is 7.18. The van der Waals surface area contributed by atoms with E-state index in [0.717, 1.165) is 98.4 Å². The number of benzene rings is 6. The van der Waals surface area contributed by atoms with Gasteiger partial charge in [-0.05, 0) is 150 Å². The molecule has 5 N–H and O–H groups in total. The lowest BCUT2D eigenvalue weighted by atomic mass is 9.94. The molecule has 12 nitrogen and oxygen atoms in total. The van der Waals surface area contributed by atoms with E-state index in [1.165, 1.54) is 0 Å². The molecule has 4 aliphatic rings. The standard InChI is InChI=1S/C28H30N2O5S.C25H24N2O3/c1-3-14-36(32,33)29-17-20-5-7-21(8-6-20)24-16-23(10-4-19(24)2)30-27(31)28(12-13-28)22-9-11-25-26(15-22)35-18-34-25;1-16-2-8-20(13-21(16)18-5-3-17(14-26)4-6-18)27-24(28)25(10-11-25)19-7-9-22-23(12-19)30-15-29-22/h4-11,15-16,29H,3,12-14,17-18H2,1-2H3,(H,30,31);2-9,12-13H,10-11,14-15,26H2,1H3,(H,27,28). The number of anilines is 2. The summed E-state index contributed by atoms with van der Waals surface area (Å²) in [5, 5.41) is 6.26. The second-order valence-electron chi connectivity index (χ2n) is 17.5. The molecule has 2 saturated carbocycles. The number of carbonyl (C=O) groups is 2. The maximum atomic E-state index is 13.3. The van der Waals surface area contributed by atoms with Crippen molar-refractivity contribution in [3.8, 4) is 45.3 Å². The van der Waals surface area contributed by atoms with Gasteiger partial charge >= 0.3 is 0 Å². The van der Waals surface area contributed by atoms with Crippen LogP contribution in [0.4, 0.5) is 11.4 Å². The monoisotopic (exact) mass is 906 g/mol. The lowest BCUT2D eigenvalue weighted by molar-refractivity contribution is -0.119. The van der Waals surface area contributed by atoms with Crippen molar-refractivity contribution < 1.29 is 37.0 Å². The molecule has 6 aromatic carbocycles. The topological polar surface area (TPSA) is 167 Å². The molecular formula is C53H54N4O8S. The molecule has 0 aromatic heterocycles. The number of carbonyl (C=O) groups excluding carboxylic acids is 2. The van der Waals surface area contributed by atoms with Crippen LogP contribution >= 0.6 is 0 Å². The summed E-state index contributed by atoms with van der Waals surface area (Å²) < 4.78 is 48.3. The smallest absolute Gasteiger partial charge is 0.235 e. The molecule has 2 amide bonds. The van der Waals surface area contributed by atoms with Crippen LogP contribution in [0, 0.1) is 13.8 Å². The molecule has 0 spiro atoms. The lowest BCUT2D eigenvalue weighted by Crippen LogP contribution is -2.27. The molecule has 6 aromatic rings. The Kier molecular flexibility index (Phi) is 12.4. The molecule has 0 unspecified atom stereocenters. The highest BCUT2D eigenvalue weighted by molar-refractivity contribution is 7.89. The van der Waals surface area contributed by atoms with E-state index in [1.807, 2.05) is 123 Å². The van der Waals surface area contributed by atoms with Crippen molar-refractivity contribution in [2.75, 3.05) is 30.0 Å². The van der Waals surface area contributed by atoms with Crippen LogP contribution in [0.5, 0.6) is 23.0 Å². The number of sulfonamides is 1. The van der Waals surface area contributed by atoms with E-state index >= 15 is 0 Å². The number of hydrogen-bond acceptors (Lipinski definition) is 9. The highest BCUT2D eigenvalue weighted by atomic mass is 32.2. The second-order valence-corrected chi connectivity index (χ2v) is 19.4. The minimum Gasteiger partial charge on any atom is -0.454 e. The first-order chi connectivity index (χ1) is 31.9. The molecule has 0 bridgehead atoms. The number of amides is 2. The first kappa shape index (κ1) is 44.5. The quantitative estimate of drug-likeness (QED) is 0.0833. The number of hydrogen-bond donors (Lipinski definition) is 4. The average Bonchev–Trinajstić information content (AvgIpc) is 4.22. The van der Waals surface area contributed by atoms with Crippen molar-refractivity contribution in [1.82, 2.24) is 4.72 Å². The molecule has 66 heavy (non-hydrogen) atoms. The van der Waals surface area contributed by atoms with Crippen molar-refractivity contribution in [2.45, 2.75) is 76.8 Å². The van der Waals surface area contributed by atoms with Crippen LogP contribution in [0.1, 0.15) is 72.4 Å². The number of ether oxygens (including phenoxy) is 4. The summed E-state index contributed by atoms with van der Waals surface area (Å²) in [6, 6.07) is 39.5. The number of nitrogens with one attached hydrogen (secondary N) is 3. The minimum atomic E-state index is -3.25. The zero-order valence-corrected chi connectivity index (χ0v) is 38.2. The van der Waals surface area contributed by atoms with Gasteiger partial charge in [-0.1, -0.05) is 79.7 Å². The van der Waals surface area contributed by atoms with Crippen LogP contribution in [0.15, 0.2) is 121 Å². The Hall–Kier alpha value is -6.67. The summed E-state index contributed by atoms with van der Waals surface area (Å²) in [6.07, 6.45) is 3.83. The third kappa shape index (κ3) is 9.37. The fourth-order valence-corrected chi connectivity index (χ4v) is 9.68. The van der Waals surface area contributed by atoms with Crippen molar-refractivity contribution >= 4 is 33.2 Å². The Bertz CT molecular complexity index is 2910. The van der Waals surface area contributed by atoms with Crippen molar-refractivity contribution in [3.63, 3.8) is 0 Å². The summed E-state index contributed by atoms with van der Waals surface area (Å²) in [5.41, 5.74) is 16.6. The van der Waals surface area contributed by atoms with Crippen LogP contribution in [0.25, 0.3) is 22.3 Å². The largest absolute Gasteiger partial charge is 0.454 e. The molecule has 2 heterocycles. The summed E-state index contributed by atoms with van der Waals surface area (Å²) in [4.78, 5) is 26.6. The number of rotatable bonds is 14. The van der Waals surface area contributed by atoms with Crippen LogP contribution in [-0.4, -0.2) is 39.6 Å². The first-order valence-electron chi connectivity index (χ1n) is 22.4. The zero-order valence-electron chi connectivity index (χ0n) is 37.4. The molecule has 10 rings (SSSR count). The van der Waals surface area contributed by atoms with Crippen molar-refractivity contribution in [1.29, 1.82) is 0 Å². The maximum Gasteiger partial charge on any atom is 0.235 e. The van der Waals surface area contributed by atoms with Crippen LogP contribution in [-0.2, 0) is 43.5 Å². The lowest BCUT2D eigenvalue weighted by Gasteiger charge is -2.17. The average molecular weight is 907 g/mol. The fraction of sp³-hybridized carbons (Fsp3) is 0.283. The van der Waals surface area contributed by atoms with Gasteiger partial charge in [-0.25, -0.2) is 13.1 Å². The Morgan fingerprint density at radius 3 is 1.44 bits per heavy atom. The van der Waals surface area contributed by atoms with Crippen LogP contribution in [0.2, 0.25) is 0 Å². The molecular weight excluding hydrogens is 853 g/mol. The number of aryl methyl sites for hydroxylation is 2. The van der Waals surface area contributed by atoms with E-state index in [4.69, 9.17) is 24.7 Å². The van der Waals surface area contributed by atoms with Gasteiger partial charge in [-0.15, -0.1) is 0 Å². The number of fused-ring (bicyclic) bond motifs is 2. The maximum absolute atomic E-state index is 13.3. The molecule has 2 aliphatic heterocycles. The minimum absolute atomic E-state index is 0.0223. The summed E-state index contributed by atoms with van der Waals surface area (Å²) in [7, 11) is -3.25. The van der Waals surface area contributed by atoms with Gasteiger partial charge in [-0.3, -0.25) is 9.59 Å². The molecule has 2 aliphatic carbocycles. The van der Waals surface area contributed by atoms with Gasteiger partial charge in [0.1, 0.15) is 0 Å². The van der Waals surface area contributed by atoms with Crippen molar-refractivity contribution in [3.05, 3.63) is 155 Å². The molecule has 13 heteroatoms. The van der Waals surface area contributed by atoms with Crippen LogP contribution in [0.3, 0.4) is 0 Å². The third-order valence-corrected chi connectivity index (χ3v) is 14.5. The normalized spacial score (nSPS) is 15.6. The van der Waals surface area contributed by atoms with E-state index in [0.29, 0.717) is 30.2 Å². The van der Waals surface area contributed by atoms with Gasteiger partial charge in [0.2, 0.25) is 35.4 Å². The highest BCUT2D eigenvalue weighted by Gasteiger charge is 2.52. The molecule has 0 atom stereocenters. The van der Waals surface area contributed by atoms with Crippen molar-refractivity contribution in [2.24, 2.45) is 5.73 Å².